The number of nitrogens with zero attached hydrogens (tertiary/aromatic N) is 2. The topological polar surface area (TPSA) is 185 Å². The third kappa shape index (κ3) is 8.88. The summed E-state index contributed by atoms with van der Waals surface area (Å²) in [5.74, 6) is 3.60. The molecule has 0 radical (unpaired) electrons. The number of guanidine groups is 1. The average molecular weight is 983 g/mol. The lowest BCUT2D eigenvalue weighted by Crippen LogP contribution is -2.56. The maximum Gasteiger partial charge on any atom is 0.303 e. The number of esters is 1. The number of nitrogens with two attached hydrogens (primary N) is 2. The van der Waals surface area contributed by atoms with Gasteiger partial charge in [0.1, 0.15) is 16.1 Å². The molecule has 6 heterocycles. The van der Waals surface area contributed by atoms with Crippen LogP contribution in [0.2, 0.25) is 0 Å². The third-order valence-corrected chi connectivity index (χ3v) is 22.8. The molecule has 6 fully saturated rings. The number of phenols is 1. The quantitative estimate of drug-likeness (QED) is 0.0961. The van der Waals surface area contributed by atoms with Crippen molar-refractivity contribution < 1.29 is 29.3 Å². The minimum absolute atomic E-state index is 0.0150. The number of nitrogens with one attached hydrogen (secondary N) is 2. The van der Waals surface area contributed by atoms with Crippen molar-refractivity contribution in [2.24, 2.45) is 51.0 Å². The highest BCUT2D eigenvalue weighted by Crippen LogP contribution is 2.64. The predicted molar refractivity (Wildman–Crippen MR) is 274 cm³/mol. The summed E-state index contributed by atoms with van der Waals surface area (Å²) in [4.78, 5) is 34.6. The number of phenolic OH excluding ortho intramolecular Hbond substituents is 1. The van der Waals surface area contributed by atoms with E-state index in [1.54, 1.807) is 0 Å². The Balaban J connectivity index is 0.960. The first kappa shape index (κ1) is 47.8. The van der Waals surface area contributed by atoms with E-state index in [0.717, 1.165) is 99.5 Å². The molecule has 10 unspecified atom stereocenters. The van der Waals surface area contributed by atoms with Gasteiger partial charge in [-0.3, -0.25) is 14.6 Å². The fraction of sp³-hybridized carbons (Fsp3) is 0.727. The Hall–Kier alpha value is -3.49. The molecule has 376 valence electrons. The van der Waals surface area contributed by atoms with E-state index < -0.39 is 22.7 Å². The molecule has 1 saturated heterocycles. The maximum atomic E-state index is 14.6. The highest BCUT2D eigenvalue weighted by molar-refractivity contribution is 8.77. The number of fused-ring (bicyclic) bond motifs is 11. The van der Waals surface area contributed by atoms with Gasteiger partial charge in [-0.1, -0.05) is 59.4 Å². The number of ether oxygens (including phenoxy) is 2. The lowest BCUT2D eigenvalue weighted by molar-refractivity contribution is -0.195. The molecule has 13 rings (SSSR count). The maximum absolute atomic E-state index is 14.6. The van der Waals surface area contributed by atoms with Crippen molar-refractivity contribution in [1.29, 1.82) is 0 Å². The highest BCUT2D eigenvalue weighted by atomic mass is 33.1. The molecule has 12 nitrogen and oxygen atoms in total. The van der Waals surface area contributed by atoms with E-state index in [1.807, 2.05) is 32.6 Å². The predicted octanol–water partition coefficient (Wildman–Crippen LogP) is 9.14. The van der Waals surface area contributed by atoms with Gasteiger partial charge in [-0.25, -0.2) is 0 Å². The summed E-state index contributed by atoms with van der Waals surface area (Å²) >= 11 is 0. The summed E-state index contributed by atoms with van der Waals surface area (Å²) in [7, 11) is 4.00. The Morgan fingerprint density at radius 3 is 2.68 bits per heavy atom. The number of carbonyl (C=O) groups is 2. The smallest absolute Gasteiger partial charge is 0.303 e. The van der Waals surface area contributed by atoms with Crippen molar-refractivity contribution >= 4 is 39.4 Å². The standard InChI is InChI=1S/C55H78N6O6S2/c1-35(62)66-54-30-38-11-12-42(54)28-39-26-40(48(65)49-47(39)37-13-20-53(67-49)18-7-9-41(53)27-37)33-61-34-51(32-46(61)64,29-36-14-22-58-45(56)25-36)21-23-59-50(57)60-55(19-8-17-52(55)15-4-5-16-52)69-68-24-6-2-3-10-43(38)44(63)31-54/h13-14,20,25-26,37-38,41-44,58,63,65H,2-12,15-19,21-24,27-34,56H2,1H3,(H3,57,59,60). The zero-order valence-electron chi connectivity index (χ0n) is 41.0. The Kier molecular flexibility index (Phi) is 13.1. The molecule has 1 amide bonds. The van der Waals surface area contributed by atoms with Crippen molar-refractivity contribution in [3.8, 4) is 11.5 Å². The summed E-state index contributed by atoms with van der Waals surface area (Å²) in [6.45, 7) is 3.41. The molecule has 0 aromatic heterocycles. The molecule has 1 aromatic carbocycles. The van der Waals surface area contributed by atoms with Gasteiger partial charge in [0, 0.05) is 91.4 Å². The van der Waals surface area contributed by atoms with Crippen molar-refractivity contribution in [2.75, 3.05) is 25.4 Å². The Labute approximate surface area is 417 Å². The first-order valence-corrected chi connectivity index (χ1v) is 29.3. The molecular formula is C55H78N6O6S2. The van der Waals surface area contributed by atoms with Gasteiger partial charge in [0.15, 0.2) is 17.5 Å². The molecular weight excluding hydrogens is 905 g/mol. The van der Waals surface area contributed by atoms with E-state index in [-0.39, 0.29) is 58.1 Å². The van der Waals surface area contributed by atoms with Crippen LogP contribution in [0.25, 0.3) is 0 Å². The van der Waals surface area contributed by atoms with E-state index in [4.69, 9.17) is 25.9 Å². The van der Waals surface area contributed by atoms with Crippen molar-refractivity contribution in [3.63, 3.8) is 0 Å². The molecule has 69 heavy (non-hydrogen) atoms. The first-order chi connectivity index (χ1) is 33.3. The SMILES string of the molecule is CC(=O)OC12CC(O)C3CCCCCSSC4(CCCC45CCCC5)NC(N)=NCCC4(CC5=CCNC(N)=C5)CC(=O)N(Cc5cc(c6c(c5O)OC57C=CC6CC5CCC7)CC1CCC3C2)C4. The van der Waals surface area contributed by atoms with Crippen LogP contribution in [0.1, 0.15) is 171 Å². The first-order valence-electron chi connectivity index (χ1n) is 27.0. The number of dihydropyridines is 1. The molecule has 1 aromatic rings. The molecule has 10 bridgehead atoms. The second-order valence-corrected chi connectivity index (χ2v) is 26.3. The zero-order valence-corrected chi connectivity index (χ0v) is 42.7. The fourth-order valence-corrected chi connectivity index (χ4v) is 19.8. The number of aliphatic imine (C=N–C) groups is 1. The number of aromatic hydroxyl groups is 1. The van der Waals surface area contributed by atoms with Gasteiger partial charge in [0.25, 0.3) is 0 Å². The molecule has 8 N–H and O–H groups in total. The molecule has 12 aliphatic rings. The normalized spacial score (nSPS) is 38.7. The van der Waals surface area contributed by atoms with Gasteiger partial charge in [0.2, 0.25) is 5.91 Å². The second-order valence-electron chi connectivity index (χ2n) is 23.6. The Bertz CT molecular complexity index is 2290. The van der Waals surface area contributed by atoms with Crippen molar-refractivity contribution in [2.45, 2.75) is 189 Å². The van der Waals surface area contributed by atoms with E-state index >= 15 is 0 Å². The van der Waals surface area contributed by atoms with Crippen LogP contribution in [-0.4, -0.2) is 80.5 Å². The highest BCUT2D eigenvalue weighted by Gasteiger charge is 2.58. The average Bonchev–Trinajstić information content (AvgIpc) is 4.06. The number of aliphatic hydroxyl groups is 1. The number of hydrogen-bond donors (Lipinski definition) is 6. The van der Waals surface area contributed by atoms with Crippen molar-refractivity contribution in [3.05, 3.63) is 58.5 Å². The number of aliphatic hydroxyl groups excluding tert-OH is 1. The number of carbonyl (C=O) groups excluding carboxylic acids is 2. The monoisotopic (exact) mass is 983 g/mol. The second kappa shape index (κ2) is 18.8. The number of hydrogen-bond acceptors (Lipinski definition) is 13. The zero-order chi connectivity index (χ0) is 47.6. The summed E-state index contributed by atoms with van der Waals surface area (Å²) in [6, 6.07) is 2.16. The fourth-order valence-electron chi connectivity index (χ4n) is 16.3. The molecule has 5 saturated carbocycles. The van der Waals surface area contributed by atoms with Crippen LogP contribution in [0, 0.1) is 34.5 Å². The molecule has 6 aliphatic heterocycles. The lowest BCUT2D eigenvalue weighted by Gasteiger charge is -2.54. The van der Waals surface area contributed by atoms with Gasteiger partial charge in [-0.2, -0.15) is 0 Å². The molecule has 6 aliphatic carbocycles. The van der Waals surface area contributed by atoms with E-state index in [1.165, 1.54) is 45.4 Å². The largest absolute Gasteiger partial charge is 0.504 e. The van der Waals surface area contributed by atoms with Gasteiger partial charge < -0.3 is 46.7 Å². The summed E-state index contributed by atoms with van der Waals surface area (Å²) in [5, 5.41) is 31.8. The third-order valence-electron chi connectivity index (χ3n) is 19.5. The van der Waals surface area contributed by atoms with E-state index in [2.05, 4.69) is 34.9 Å². The van der Waals surface area contributed by atoms with Gasteiger partial charge in [0.05, 0.1) is 11.9 Å². The lowest BCUT2D eigenvalue weighted by atomic mass is 9.57. The van der Waals surface area contributed by atoms with Crippen LogP contribution in [0.3, 0.4) is 0 Å². The van der Waals surface area contributed by atoms with Crippen LogP contribution in [0.15, 0.2) is 46.8 Å². The van der Waals surface area contributed by atoms with Crippen LogP contribution >= 0.6 is 21.6 Å². The molecule has 3 spiro atoms. The van der Waals surface area contributed by atoms with Gasteiger partial charge in [-0.05, 0) is 150 Å². The number of rotatable bonds is 3. The minimum Gasteiger partial charge on any atom is -0.504 e. The number of allylic oxidation sites excluding steroid dienone is 3. The summed E-state index contributed by atoms with van der Waals surface area (Å²) in [5.41, 5.74) is 15.8. The Morgan fingerprint density at radius 2 is 1.84 bits per heavy atom. The van der Waals surface area contributed by atoms with E-state index in [0.29, 0.717) is 80.7 Å². The summed E-state index contributed by atoms with van der Waals surface area (Å²) in [6.07, 6.45) is 30.5. The van der Waals surface area contributed by atoms with E-state index in [9.17, 15) is 19.8 Å². The molecule has 10 atom stereocenters. The summed E-state index contributed by atoms with van der Waals surface area (Å²) < 4.78 is 13.7. The van der Waals surface area contributed by atoms with Crippen LogP contribution in [0.5, 0.6) is 11.5 Å². The number of amides is 1. The number of benzene rings is 1. The molecule has 14 heteroatoms. The Morgan fingerprint density at radius 1 is 0.986 bits per heavy atom. The van der Waals surface area contributed by atoms with Gasteiger partial charge in [-0.15, -0.1) is 0 Å². The van der Waals surface area contributed by atoms with Crippen LogP contribution < -0.4 is 26.8 Å². The van der Waals surface area contributed by atoms with Crippen molar-refractivity contribution in [1.82, 2.24) is 15.5 Å². The van der Waals surface area contributed by atoms with Crippen LogP contribution in [-0.2, 0) is 27.3 Å². The van der Waals surface area contributed by atoms with Gasteiger partial charge >= 0.3 is 5.97 Å². The minimum atomic E-state index is -0.776. The van der Waals surface area contributed by atoms with Crippen LogP contribution in [0.4, 0.5) is 0 Å².